The van der Waals surface area contributed by atoms with E-state index >= 15 is 0 Å². The van der Waals surface area contributed by atoms with E-state index in [1.807, 2.05) is 0 Å². The van der Waals surface area contributed by atoms with E-state index in [0.29, 0.717) is 5.92 Å². The second kappa shape index (κ2) is 4.37. The Hall–Kier alpha value is -1.77. The lowest BCUT2D eigenvalue weighted by atomic mass is 10.1. The number of nitrogen functional groups attached to an aromatic ring is 1. The average molecular weight is 267 g/mol. The van der Waals surface area contributed by atoms with Crippen LogP contribution in [0.15, 0.2) is 24.3 Å². The molecule has 3 heteroatoms. The molecule has 0 bridgehead atoms. The Balaban J connectivity index is 1.73. The summed E-state index contributed by atoms with van der Waals surface area (Å²) in [4.78, 5) is 4.84. The van der Waals surface area contributed by atoms with E-state index < -0.39 is 0 Å². The van der Waals surface area contributed by atoms with Gasteiger partial charge in [-0.25, -0.2) is 4.98 Å². The van der Waals surface area contributed by atoms with Crippen LogP contribution in [0.2, 0.25) is 0 Å². The molecule has 104 valence electrons. The number of nitrogens with two attached hydrogens (primary N) is 1. The summed E-state index contributed by atoms with van der Waals surface area (Å²) in [5.41, 5.74) is 9.91. The van der Waals surface area contributed by atoms with E-state index in [1.54, 1.807) is 0 Å². The van der Waals surface area contributed by atoms with E-state index in [0.717, 1.165) is 29.5 Å². The van der Waals surface area contributed by atoms with Crippen molar-refractivity contribution in [2.45, 2.75) is 51.0 Å². The van der Waals surface area contributed by atoms with Gasteiger partial charge in [0.2, 0.25) is 0 Å². The SMILES string of the molecule is CCn1c(C2CC2)nc(-c2ccc(C3CC3)cc2)c1N. The largest absolute Gasteiger partial charge is 0.383 e. The first-order valence-electron chi connectivity index (χ1n) is 7.74. The lowest BCUT2D eigenvalue weighted by Gasteiger charge is -2.05. The zero-order valence-electron chi connectivity index (χ0n) is 12.0. The lowest BCUT2D eigenvalue weighted by molar-refractivity contribution is 0.708. The first kappa shape index (κ1) is 12.0. The number of anilines is 1. The standard InChI is InChI=1S/C17H21N3/c1-2-20-16(18)15(19-17(20)14-9-10-14)13-7-5-12(6-8-13)11-3-4-11/h5-8,11,14H,2-4,9-10,18H2,1H3. The number of benzene rings is 1. The van der Waals surface area contributed by atoms with Gasteiger partial charge in [0.15, 0.2) is 0 Å². The van der Waals surface area contributed by atoms with Gasteiger partial charge in [0.05, 0.1) is 0 Å². The van der Waals surface area contributed by atoms with Crippen LogP contribution in [0.3, 0.4) is 0 Å². The van der Waals surface area contributed by atoms with Crippen LogP contribution in [0.25, 0.3) is 11.3 Å². The van der Waals surface area contributed by atoms with Gasteiger partial charge < -0.3 is 10.3 Å². The van der Waals surface area contributed by atoms with Crippen LogP contribution in [0.5, 0.6) is 0 Å². The van der Waals surface area contributed by atoms with Crippen LogP contribution < -0.4 is 5.73 Å². The minimum Gasteiger partial charge on any atom is -0.383 e. The summed E-state index contributed by atoms with van der Waals surface area (Å²) in [5, 5.41) is 0. The van der Waals surface area contributed by atoms with Crippen molar-refractivity contribution in [2.75, 3.05) is 5.73 Å². The smallest absolute Gasteiger partial charge is 0.131 e. The van der Waals surface area contributed by atoms with Crippen LogP contribution in [0.1, 0.15) is 55.8 Å². The van der Waals surface area contributed by atoms with Gasteiger partial charge in [-0.2, -0.15) is 0 Å². The highest BCUT2D eigenvalue weighted by atomic mass is 15.1. The first-order chi connectivity index (χ1) is 9.78. The Labute approximate surface area is 119 Å². The van der Waals surface area contributed by atoms with Gasteiger partial charge in [0.25, 0.3) is 0 Å². The Morgan fingerprint density at radius 3 is 2.30 bits per heavy atom. The average Bonchev–Trinajstić information content (AvgIpc) is 3.37. The van der Waals surface area contributed by atoms with Crippen LogP contribution in [-0.2, 0) is 6.54 Å². The minimum atomic E-state index is 0.636. The predicted molar refractivity (Wildman–Crippen MR) is 81.7 cm³/mol. The maximum absolute atomic E-state index is 6.32. The van der Waals surface area contributed by atoms with Crippen molar-refractivity contribution in [3.05, 3.63) is 35.7 Å². The second-order valence-corrected chi connectivity index (χ2v) is 6.12. The highest BCUT2D eigenvalue weighted by Gasteiger charge is 2.30. The van der Waals surface area contributed by atoms with Crippen LogP contribution in [-0.4, -0.2) is 9.55 Å². The molecule has 3 nitrogen and oxygen atoms in total. The molecule has 0 saturated heterocycles. The van der Waals surface area contributed by atoms with Crippen molar-refractivity contribution in [3.63, 3.8) is 0 Å². The molecule has 2 aliphatic rings. The number of rotatable bonds is 4. The van der Waals surface area contributed by atoms with E-state index in [2.05, 4.69) is 35.8 Å². The molecule has 0 amide bonds. The van der Waals surface area contributed by atoms with Gasteiger partial charge in [-0.15, -0.1) is 0 Å². The van der Waals surface area contributed by atoms with Crippen LogP contribution >= 0.6 is 0 Å². The topological polar surface area (TPSA) is 43.8 Å². The quantitative estimate of drug-likeness (QED) is 0.912. The van der Waals surface area contributed by atoms with Gasteiger partial charge in [0, 0.05) is 18.0 Å². The molecular weight excluding hydrogens is 246 g/mol. The molecule has 0 atom stereocenters. The zero-order chi connectivity index (χ0) is 13.7. The molecule has 1 aromatic heterocycles. The maximum Gasteiger partial charge on any atom is 0.131 e. The number of imidazole rings is 1. The maximum atomic E-state index is 6.32. The van der Waals surface area contributed by atoms with Gasteiger partial charge in [-0.1, -0.05) is 24.3 Å². The summed E-state index contributed by atoms with van der Waals surface area (Å²) < 4.78 is 2.18. The molecule has 2 N–H and O–H groups in total. The fourth-order valence-electron chi connectivity index (χ4n) is 3.01. The van der Waals surface area contributed by atoms with Gasteiger partial charge >= 0.3 is 0 Å². The van der Waals surface area contributed by atoms with E-state index in [-0.39, 0.29) is 0 Å². The lowest BCUT2D eigenvalue weighted by Crippen LogP contribution is -2.04. The Morgan fingerprint density at radius 1 is 1.10 bits per heavy atom. The molecule has 0 radical (unpaired) electrons. The normalized spacial score (nSPS) is 18.4. The summed E-state index contributed by atoms with van der Waals surface area (Å²) in [6.07, 6.45) is 5.21. The van der Waals surface area contributed by atoms with E-state index in [9.17, 15) is 0 Å². The number of hydrogen-bond acceptors (Lipinski definition) is 2. The molecule has 20 heavy (non-hydrogen) atoms. The summed E-state index contributed by atoms with van der Waals surface area (Å²) in [6, 6.07) is 8.86. The van der Waals surface area contributed by atoms with Crippen LogP contribution in [0.4, 0.5) is 5.82 Å². The third-order valence-corrected chi connectivity index (χ3v) is 4.53. The highest BCUT2D eigenvalue weighted by molar-refractivity contribution is 5.71. The zero-order valence-corrected chi connectivity index (χ0v) is 12.0. The predicted octanol–water partition coefficient (Wildman–Crippen LogP) is 3.91. The number of hydrogen-bond donors (Lipinski definition) is 1. The van der Waals surface area contributed by atoms with Crippen molar-refractivity contribution in [2.24, 2.45) is 0 Å². The summed E-state index contributed by atoms with van der Waals surface area (Å²) >= 11 is 0. The molecule has 2 saturated carbocycles. The summed E-state index contributed by atoms with van der Waals surface area (Å²) in [7, 11) is 0. The van der Waals surface area contributed by atoms with Crippen LogP contribution in [0, 0.1) is 0 Å². The third-order valence-electron chi connectivity index (χ3n) is 4.53. The van der Waals surface area contributed by atoms with Crippen molar-refractivity contribution in [3.8, 4) is 11.3 Å². The van der Waals surface area contributed by atoms with Crippen molar-refractivity contribution < 1.29 is 0 Å². The molecule has 2 aliphatic carbocycles. The minimum absolute atomic E-state index is 0.636. The Kier molecular flexibility index (Phi) is 2.62. The van der Waals surface area contributed by atoms with Crippen molar-refractivity contribution in [1.82, 2.24) is 9.55 Å². The van der Waals surface area contributed by atoms with Crippen molar-refractivity contribution >= 4 is 5.82 Å². The molecule has 0 spiro atoms. The molecular formula is C17H21N3. The van der Waals surface area contributed by atoms with E-state index in [1.165, 1.54) is 37.1 Å². The highest BCUT2D eigenvalue weighted by Crippen LogP contribution is 2.43. The van der Waals surface area contributed by atoms with Gasteiger partial charge in [-0.3, -0.25) is 0 Å². The van der Waals surface area contributed by atoms with Crippen molar-refractivity contribution in [1.29, 1.82) is 0 Å². The molecule has 1 aromatic carbocycles. The van der Waals surface area contributed by atoms with E-state index in [4.69, 9.17) is 10.7 Å². The molecule has 4 rings (SSSR count). The fraction of sp³-hybridized carbons (Fsp3) is 0.471. The Bertz CT molecular complexity index is 631. The summed E-state index contributed by atoms with van der Waals surface area (Å²) in [6.45, 7) is 3.05. The molecule has 0 unspecified atom stereocenters. The summed E-state index contributed by atoms with van der Waals surface area (Å²) in [5.74, 6) is 3.45. The monoisotopic (exact) mass is 267 g/mol. The molecule has 2 aromatic rings. The second-order valence-electron chi connectivity index (χ2n) is 6.12. The molecule has 0 aliphatic heterocycles. The first-order valence-corrected chi connectivity index (χ1v) is 7.74. The Morgan fingerprint density at radius 2 is 1.75 bits per heavy atom. The number of nitrogens with zero attached hydrogens (tertiary/aromatic N) is 2. The van der Waals surface area contributed by atoms with Gasteiger partial charge in [0.1, 0.15) is 17.3 Å². The number of aromatic nitrogens is 2. The van der Waals surface area contributed by atoms with Gasteiger partial charge in [-0.05, 0) is 44.1 Å². The molecule has 2 fully saturated rings. The fourth-order valence-corrected chi connectivity index (χ4v) is 3.01. The molecule has 1 heterocycles. The third kappa shape index (κ3) is 1.92.